The second-order valence-electron chi connectivity index (χ2n) is 6.63. The first-order valence-electron chi connectivity index (χ1n) is 8.29. The lowest BCUT2D eigenvalue weighted by Crippen LogP contribution is -2.33. The standard InChI is InChI=1S/C18H20ClN3O/c19-13-5-6-15-16(10-13)22-17(21-15)2-1-7-20-18(23)14-9-11-3-4-12(14)8-11/h3-6,10-12,14H,1-2,7-9H2,(H,20,23)(H,21,22)/t11-,12+,14+/m1/s1. The van der Waals surface area contributed by atoms with Gasteiger partial charge in [-0.3, -0.25) is 4.79 Å². The van der Waals surface area contributed by atoms with Crippen LogP contribution < -0.4 is 5.32 Å². The molecule has 2 aromatic rings. The van der Waals surface area contributed by atoms with Gasteiger partial charge >= 0.3 is 0 Å². The van der Waals surface area contributed by atoms with Gasteiger partial charge in [0.2, 0.25) is 5.91 Å². The number of carbonyl (C=O) groups excluding carboxylic acids is 1. The molecule has 0 spiro atoms. The average molecular weight is 330 g/mol. The minimum absolute atomic E-state index is 0.193. The number of nitrogens with zero attached hydrogens (tertiary/aromatic N) is 1. The highest BCUT2D eigenvalue weighted by atomic mass is 35.5. The molecule has 5 heteroatoms. The van der Waals surface area contributed by atoms with Gasteiger partial charge in [0, 0.05) is 23.9 Å². The number of hydrogen-bond acceptors (Lipinski definition) is 2. The molecule has 1 heterocycles. The van der Waals surface area contributed by atoms with E-state index in [1.807, 2.05) is 18.2 Å². The maximum absolute atomic E-state index is 12.2. The predicted molar refractivity (Wildman–Crippen MR) is 91.3 cm³/mol. The Hall–Kier alpha value is -1.81. The molecule has 0 aliphatic heterocycles. The molecule has 2 aliphatic carbocycles. The van der Waals surface area contributed by atoms with Crippen LogP contribution in [-0.4, -0.2) is 22.4 Å². The van der Waals surface area contributed by atoms with Crippen molar-refractivity contribution >= 4 is 28.5 Å². The zero-order valence-electron chi connectivity index (χ0n) is 12.9. The Morgan fingerprint density at radius 1 is 1.35 bits per heavy atom. The van der Waals surface area contributed by atoms with E-state index in [9.17, 15) is 4.79 Å². The quantitative estimate of drug-likeness (QED) is 0.651. The van der Waals surface area contributed by atoms with Crippen LogP contribution in [0, 0.1) is 17.8 Å². The number of nitrogens with one attached hydrogen (secondary N) is 2. The summed E-state index contributed by atoms with van der Waals surface area (Å²) >= 11 is 5.98. The first-order valence-corrected chi connectivity index (χ1v) is 8.67. The van der Waals surface area contributed by atoms with E-state index in [0.717, 1.165) is 36.1 Å². The van der Waals surface area contributed by atoms with Crippen LogP contribution in [0.15, 0.2) is 30.4 Å². The van der Waals surface area contributed by atoms with Crippen molar-refractivity contribution in [2.75, 3.05) is 6.54 Å². The lowest BCUT2D eigenvalue weighted by molar-refractivity contribution is -0.125. The highest BCUT2D eigenvalue weighted by Crippen LogP contribution is 2.43. The largest absolute Gasteiger partial charge is 0.356 e. The van der Waals surface area contributed by atoms with E-state index in [2.05, 4.69) is 27.4 Å². The molecular weight excluding hydrogens is 310 g/mol. The normalized spacial score (nSPS) is 25.3. The van der Waals surface area contributed by atoms with Crippen molar-refractivity contribution in [1.82, 2.24) is 15.3 Å². The van der Waals surface area contributed by atoms with Crippen molar-refractivity contribution in [1.29, 1.82) is 0 Å². The minimum atomic E-state index is 0.193. The van der Waals surface area contributed by atoms with Crippen LogP contribution in [0.25, 0.3) is 11.0 Å². The number of aryl methyl sites for hydroxylation is 1. The molecule has 1 aromatic carbocycles. The zero-order chi connectivity index (χ0) is 15.8. The third-order valence-electron chi connectivity index (χ3n) is 5.00. The molecule has 1 saturated carbocycles. The van der Waals surface area contributed by atoms with Crippen molar-refractivity contribution in [2.45, 2.75) is 25.7 Å². The molecule has 1 fully saturated rings. The lowest BCUT2D eigenvalue weighted by Gasteiger charge is -2.17. The van der Waals surface area contributed by atoms with Crippen molar-refractivity contribution in [3.8, 4) is 0 Å². The summed E-state index contributed by atoms with van der Waals surface area (Å²) in [6.45, 7) is 0.703. The monoisotopic (exact) mass is 329 g/mol. The van der Waals surface area contributed by atoms with E-state index >= 15 is 0 Å². The predicted octanol–water partition coefficient (Wildman–Crippen LogP) is 3.48. The third-order valence-corrected chi connectivity index (χ3v) is 5.23. The van der Waals surface area contributed by atoms with Gasteiger partial charge in [-0.25, -0.2) is 4.98 Å². The van der Waals surface area contributed by atoms with Gasteiger partial charge in [0.1, 0.15) is 5.82 Å². The number of fused-ring (bicyclic) bond motifs is 3. The zero-order valence-corrected chi connectivity index (χ0v) is 13.6. The first-order chi connectivity index (χ1) is 11.2. The first kappa shape index (κ1) is 14.8. The van der Waals surface area contributed by atoms with E-state index in [0.29, 0.717) is 23.4 Å². The Morgan fingerprint density at radius 2 is 2.26 bits per heavy atom. The smallest absolute Gasteiger partial charge is 0.223 e. The molecule has 1 amide bonds. The molecule has 0 radical (unpaired) electrons. The van der Waals surface area contributed by atoms with Gasteiger partial charge in [-0.2, -0.15) is 0 Å². The van der Waals surface area contributed by atoms with Crippen LogP contribution in [-0.2, 0) is 11.2 Å². The molecule has 23 heavy (non-hydrogen) atoms. The fourth-order valence-corrected chi connectivity index (χ4v) is 4.01. The van der Waals surface area contributed by atoms with Crippen molar-refractivity contribution in [2.24, 2.45) is 17.8 Å². The highest BCUT2D eigenvalue weighted by molar-refractivity contribution is 6.31. The summed E-state index contributed by atoms with van der Waals surface area (Å²) in [6, 6.07) is 5.65. The second-order valence-corrected chi connectivity index (χ2v) is 7.06. The molecule has 120 valence electrons. The summed E-state index contributed by atoms with van der Waals surface area (Å²) in [4.78, 5) is 20.1. The summed E-state index contributed by atoms with van der Waals surface area (Å²) in [5, 5.41) is 3.80. The Morgan fingerprint density at radius 3 is 3.04 bits per heavy atom. The number of benzene rings is 1. The van der Waals surface area contributed by atoms with Crippen LogP contribution in [0.2, 0.25) is 5.02 Å². The van der Waals surface area contributed by atoms with E-state index in [-0.39, 0.29) is 11.8 Å². The molecule has 0 saturated heterocycles. The number of imidazole rings is 1. The van der Waals surface area contributed by atoms with E-state index in [4.69, 9.17) is 11.6 Å². The Bertz CT molecular complexity index is 767. The number of H-pyrrole nitrogens is 1. The molecule has 1 aromatic heterocycles. The molecule has 3 atom stereocenters. The number of aromatic nitrogens is 2. The number of allylic oxidation sites excluding steroid dienone is 2. The number of halogens is 1. The maximum atomic E-state index is 12.2. The fourth-order valence-electron chi connectivity index (χ4n) is 3.83. The van der Waals surface area contributed by atoms with Crippen LogP contribution in [0.5, 0.6) is 0 Å². The van der Waals surface area contributed by atoms with Gasteiger partial charge in [0.05, 0.1) is 11.0 Å². The third kappa shape index (κ3) is 3.00. The number of carbonyl (C=O) groups is 1. The summed E-state index contributed by atoms with van der Waals surface area (Å²) in [7, 11) is 0. The lowest BCUT2D eigenvalue weighted by atomic mass is 9.93. The fraction of sp³-hybridized carbons (Fsp3) is 0.444. The molecule has 2 bridgehead atoms. The van der Waals surface area contributed by atoms with Gasteiger partial charge in [-0.1, -0.05) is 23.8 Å². The van der Waals surface area contributed by atoms with Crippen molar-refractivity contribution in [3.63, 3.8) is 0 Å². The molecule has 2 N–H and O–H groups in total. The van der Waals surface area contributed by atoms with Crippen LogP contribution in [0.1, 0.15) is 25.1 Å². The number of hydrogen-bond donors (Lipinski definition) is 2. The van der Waals surface area contributed by atoms with Gasteiger partial charge in [0.25, 0.3) is 0 Å². The Labute approximate surface area is 140 Å². The maximum Gasteiger partial charge on any atom is 0.223 e. The molecular formula is C18H20ClN3O. The Balaban J connectivity index is 1.26. The number of amides is 1. The Kier molecular flexibility index (Phi) is 3.85. The topological polar surface area (TPSA) is 57.8 Å². The van der Waals surface area contributed by atoms with Crippen molar-refractivity contribution in [3.05, 3.63) is 41.2 Å². The van der Waals surface area contributed by atoms with Crippen LogP contribution in [0.4, 0.5) is 0 Å². The van der Waals surface area contributed by atoms with Gasteiger partial charge in [-0.05, 0) is 49.3 Å². The van der Waals surface area contributed by atoms with Gasteiger partial charge in [0.15, 0.2) is 0 Å². The summed E-state index contributed by atoms with van der Waals surface area (Å²) in [6.07, 6.45) is 8.39. The second kappa shape index (κ2) is 6.00. The van der Waals surface area contributed by atoms with E-state index in [1.54, 1.807) is 0 Å². The highest BCUT2D eigenvalue weighted by Gasteiger charge is 2.39. The summed E-state index contributed by atoms with van der Waals surface area (Å²) < 4.78 is 0. The summed E-state index contributed by atoms with van der Waals surface area (Å²) in [5.74, 6) is 2.47. The SMILES string of the molecule is O=C(NCCCc1nc2ccc(Cl)cc2[nH]1)[C@H]1C[C@@H]2C=C[C@H]1C2. The van der Waals surface area contributed by atoms with Gasteiger partial charge < -0.3 is 10.3 Å². The molecule has 4 rings (SSSR count). The number of aromatic amines is 1. The van der Waals surface area contributed by atoms with Crippen molar-refractivity contribution < 1.29 is 4.79 Å². The van der Waals surface area contributed by atoms with Gasteiger partial charge in [-0.15, -0.1) is 0 Å². The number of rotatable bonds is 5. The van der Waals surface area contributed by atoms with Crippen LogP contribution in [0.3, 0.4) is 0 Å². The molecule has 4 nitrogen and oxygen atoms in total. The minimum Gasteiger partial charge on any atom is -0.356 e. The van der Waals surface area contributed by atoms with E-state index in [1.165, 1.54) is 6.42 Å². The van der Waals surface area contributed by atoms with E-state index < -0.39 is 0 Å². The molecule has 2 aliphatic rings. The summed E-state index contributed by atoms with van der Waals surface area (Å²) in [5.41, 5.74) is 1.90. The van der Waals surface area contributed by atoms with Crippen LogP contribution >= 0.6 is 11.6 Å². The average Bonchev–Trinajstić information content (AvgIpc) is 3.25. The molecule has 0 unspecified atom stereocenters.